The zero-order chi connectivity index (χ0) is 14.7. The fraction of sp³-hybridized carbons (Fsp3) is 0.538. The van der Waals surface area contributed by atoms with E-state index in [0.717, 1.165) is 11.3 Å². The first kappa shape index (κ1) is 15.3. The Hall–Kier alpha value is -1.11. The van der Waals surface area contributed by atoms with E-state index in [4.69, 9.17) is 21.1 Å². The highest BCUT2D eigenvalue weighted by molar-refractivity contribution is 7.17. The fourth-order valence-electron chi connectivity index (χ4n) is 2.10. The molecule has 0 bridgehead atoms. The van der Waals surface area contributed by atoms with Crippen LogP contribution >= 0.6 is 22.9 Å². The van der Waals surface area contributed by atoms with Crippen LogP contribution in [0.3, 0.4) is 0 Å². The summed E-state index contributed by atoms with van der Waals surface area (Å²) in [6.45, 7) is 4.61. The molecule has 2 atom stereocenters. The number of carbonyl (C=O) groups is 2. The Kier molecular flexibility index (Phi) is 5.01. The first-order valence-corrected chi connectivity index (χ1v) is 7.51. The average molecular weight is 318 g/mol. The first-order valence-electron chi connectivity index (χ1n) is 6.31. The van der Waals surface area contributed by atoms with Gasteiger partial charge in [0.25, 0.3) is 5.91 Å². The molecule has 1 aliphatic rings. The molecule has 1 aliphatic heterocycles. The lowest BCUT2D eigenvalue weighted by Gasteiger charge is -2.35. The van der Waals surface area contributed by atoms with Gasteiger partial charge in [0.05, 0.1) is 16.5 Å². The molecule has 1 aromatic heterocycles. The molecule has 0 aromatic carbocycles. The van der Waals surface area contributed by atoms with Crippen molar-refractivity contribution in [2.45, 2.75) is 26.1 Å². The van der Waals surface area contributed by atoms with Crippen molar-refractivity contribution in [2.24, 2.45) is 0 Å². The number of nitrogens with zero attached hydrogens (tertiary/aromatic N) is 1. The van der Waals surface area contributed by atoms with Crippen LogP contribution in [0.1, 0.15) is 23.5 Å². The third-order valence-electron chi connectivity index (χ3n) is 2.87. The number of rotatable bonds is 3. The molecule has 2 heterocycles. The first-order chi connectivity index (χ1) is 9.45. The second kappa shape index (κ2) is 6.56. The predicted octanol–water partition coefficient (Wildman–Crippen LogP) is 2.19. The summed E-state index contributed by atoms with van der Waals surface area (Å²) in [6, 6.07) is 3.20. The van der Waals surface area contributed by atoms with Crippen molar-refractivity contribution < 1.29 is 19.1 Å². The van der Waals surface area contributed by atoms with Gasteiger partial charge < -0.3 is 14.4 Å². The van der Waals surface area contributed by atoms with E-state index in [1.807, 2.05) is 13.8 Å². The molecule has 1 fully saturated rings. The number of hydrogen-bond donors (Lipinski definition) is 0. The van der Waals surface area contributed by atoms with Crippen LogP contribution in [0.4, 0.5) is 0 Å². The van der Waals surface area contributed by atoms with Gasteiger partial charge in [0.15, 0.2) is 6.61 Å². The molecule has 1 aromatic rings. The molecule has 5 nitrogen and oxygen atoms in total. The third kappa shape index (κ3) is 3.94. The molecule has 110 valence electrons. The quantitative estimate of drug-likeness (QED) is 0.802. The molecule has 1 saturated heterocycles. The summed E-state index contributed by atoms with van der Waals surface area (Å²) < 4.78 is 11.1. The van der Waals surface area contributed by atoms with Gasteiger partial charge in [-0.15, -0.1) is 11.3 Å². The maximum Gasteiger partial charge on any atom is 0.348 e. The Morgan fingerprint density at radius 2 is 2.05 bits per heavy atom. The van der Waals surface area contributed by atoms with Crippen LogP contribution < -0.4 is 0 Å². The summed E-state index contributed by atoms with van der Waals surface area (Å²) in [5, 5.41) is 0. The molecule has 0 spiro atoms. The van der Waals surface area contributed by atoms with Gasteiger partial charge in [-0.3, -0.25) is 4.79 Å². The van der Waals surface area contributed by atoms with Gasteiger partial charge in [-0.25, -0.2) is 4.79 Å². The minimum Gasteiger partial charge on any atom is -0.451 e. The SMILES string of the molecule is C[C@@H]1CN(C(=O)COC(=O)c2ccc(Cl)s2)C[C@H](C)O1. The Bertz CT molecular complexity index is 494. The summed E-state index contributed by atoms with van der Waals surface area (Å²) >= 11 is 6.87. The third-order valence-corrected chi connectivity index (χ3v) is 4.08. The van der Waals surface area contributed by atoms with Crippen molar-refractivity contribution >= 4 is 34.8 Å². The number of ether oxygens (including phenoxy) is 2. The van der Waals surface area contributed by atoms with Gasteiger partial charge >= 0.3 is 5.97 Å². The normalized spacial score (nSPS) is 22.6. The molecule has 0 radical (unpaired) electrons. The van der Waals surface area contributed by atoms with Crippen LogP contribution in [-0.4, -0.2) is 48.7 Å². The molecular weight excluding hydrogens is 302 g/mol. The molecule has 2 rings (SSSR count). The number of amides is 1. The summed E-state index contributed by atoms with van der Waals surface area (Å²) in [6.07, 6.45) is -0.0102. The Morgan fingerprint density at radius 1 is 1.40 bits per heavy atom. The second-order valence-corrected chi connectivity index (χ2v) is 6.45. The van der Waals surface area contributed by atoms with Crippen molar-refractivity contribution in [2.75, 3.05) is 19.7 Å². The van der Waals surface area contributed by atoms with Crippen molar-refractivity contribution in [1.82, 2.24) is 4.90 Å². The highest BCUT2D eigenvalue weighted by Crippen LogP contribution is 2.22. The van der Waals surface area contributed by atoms with E-state index in [2.05, 4.69) is 0 Å². The van der Waals surface area contributed by atoms with Crippen molar-refractivity contribution in [3.63, 3.8) is 0 Å². The van der Waals surface area contributed by atoms with Crippen LogP contribution in [0.25, 0.3) is 0 Å². The van der Waals surface area contributed by atoms with Crippen molar-refractivity contribution in [3.8, 4) is 0 Å². The van der Waals surface area contributed by atoms with E-state index in [-0.39, 0.29) is 24.7 Å². The van der Waals surface area contributed by atoms with Crippen molar-refractivity contribution in [3.05, 3.63) is 21.3 Å². The van der Waals surface area contributed by atoms with E-state index >= 15 is 0 Å². The molecule has 7 heteroatoms. The lowest BCUT2D eigenvalue weighted by atomic mass is 10.2. The van der Waals surface area contributed by atoms with Crippen LogP contribution in [0.2, 0.25) is 4.34 Å². The standard InChI is InChI=1S/C13H16ClNO4S/c1-8-5-15(6-9(2)19-8)12(16)7-18-13(17)10-3-4-11(14)20-10/h3-4,8-9H,5-7H2,1-2H3/t8-,9+. The minimum absolute atomic E-state index is 0.00509. The van der Waals surface area contributed by atoms with E-state index < -0.39 is 5.97 Å². The maximum atomic E-state index is 12.0. The zero-order valence-corrected chi connectivity index (χ0v) is 12.9. The van der Waals surface area contributed by atoms with E-state index in [0.29, 0.717) is 22.3 Å². The summed E-state index contributed by atoms with van der Waals surface area (Å²) in [4.78, 5) is 25.8. The monoisotopic (exact) mass is 317 g/mol. The lowest BCUT2D eigenvalue weighted by molar-refractivity contribution is -0.146. The van der Waals surface area contributed by atoms with Gasteiger partial charge in [0.1, 0.15) is 4.88 Å². The summed E-state index contributed by atoms with van der Waals surface area (Å²) in [5.41, 5.74) is 0. The van der Waals surface area contributed by atoms with Gasteiger partial charge in [-0.05, 0) is 26.0 Å². The largest absolute Gasteiger partial charge is 0.451 e. The van der Waals surface area contributed by atoms with E-state index in [1.54, 1.807) is 17.0 Å². The van der Waals surface area contributed by atoms with Gasteiger partial charge in [-0.2, -0.15) is 0 Å². The second-order valence-electron chi connectivity index (χ2n) is 4.74. The number of hydrogen-bond acceptors (Lipinski definition) is 5. The topological polar surface area (TPSA) is 55.8 Å². The molecule has 0 N–H and O–H groups in total. The molecular formula is C13H16ClNO4S. The van der Waals surface area contributed by atoms with Crippen LogP contribution in [0.5, 0.6) is 0 Å². The smallest absolute Gasteiger partial charge is 0.348 e. The number of halogens is 1. The summed E-state index contributed by atoms with van der Waals surface area (Å²) in [7, 11) is 0. The molecule has 20 heavy (non-hydrogen) atoms. The van der Waals surface area contributed by atoms with Gasteiger partial charge in [0, 0.05) is 13.1 Å². The molecule has 1 amide bonds. The Balaban J connectivity index is 1.84. The van der Waals surface area contributed by atoms with Gasteiger partial charge in [0.2, 0.25) is 0 Å². The number of esters is 1. The van der Waals surface area contributed by atoms with Crippen LogP contribution in [0.15, 0.2) is 12.1 Å². The molecule has 0 saturated carbocycles. The van der Waals surface area contributed by atoms with Crippen molar-refractivity contribution in [1.29, 1.82) is 0 Å². The highest BCUT2D eigenvalue weighted by atomic mass is 35.5. The fourth-order valence-corrected chi connectivity index (χ4v) is 3.03. The predicted molar refractivity (Wildman–Crippen MR) is 76.2 cm³/mol. The number of morpholine rings is 1. The lowest BCUT2D eigenvalue weighted by Crippen LogP contribution is -2.49. The Morgan fingerprint density at radius 3 is 2.60 bits per heavy atom. The number of thiophene rings is 1. The maximum absolute atomic E-state index is 12.0. The highest BCUT2D eigenvalue weighted by Gasteiger charge is 2.26. The number of carbonyl (C=O) groups excluding carboxylic acids is 2. The minimum atomic E-state index is -0.524. The van der Waals surface area contributed by atoms with E-state index in [9.17, 15) is 9.59 Å². The van der Waals surface area contributed by atoms with Crippen LogP contribution in [0, 0.1) is 0 Å². The molecule has 0 aliphatic carbocycles. The van der Waals surface area contributed by atoms with Crippen LogP contribution in [-0.2, 0) is 14.3 Å². The molecule has 0 unspecified atom stereocenters. The van der Waals surface area contributed by atoms with Gasteiger partial charge in [-0.1, -0.05) is 11.6 Å². The Labute approximate surface area is 126 Å². The summed E-state index contributed by atoms with van der Waals surface area (Å²) in [5.74, 6) is -0.729. The average Bonchev–Trinajstić information content (AvgIpc) is 2.81. The zero-order valence-electron chi connectivity index (χ0n) is 11.3. The van der Waals surface area contributed by atoms with E-state index in [1.165, 1.54) is 0 Å².